The standard InChI is InChI=1S/C17H15F3NO/c1-2-13-7-9-14(10-8-13)11-21-22-12-15-5-3-4-6-16(15)17(18,19)20/h3-10H,2,12H2,1H3. The van der Waals surface area contributed by atoms with Gasteiger partial charge in [0.1, 0.15) is 12.8 Å². The number of benzene rings is 2. The molecule has 0 heterocycles. The van der Waals surface area contributed by atoms with Gasteiger partial charge in [-0.1, -0.05) is 54.5 Å². The summed E-state index contributed by atoms with van der Waals surface area (Å²) in [5, 5.41) is 3.60. The Morgan fingerprint density at radius 2 is 1.73 bits per heavy atom. The number of nitrogens with zero attached hydrogens (tertiary/aromatic N) is 1. The van der Waals surface area contributed by atoms with E-state index in [2.05, 4.69) is 11.4 Å². The molecule has 0 aliphatic rings. The maximum absolute atomic E-state index is 12.8. The molecule has 0 aromatic heterocycles. The quantitative estimate of drug-likeness (QED) is 0.580. The summed E-state index contributed by atoms with van der Waals surface area (Å²) in [7, 11) is 0. The Labute approximate surface area is 127 Å². The van der Waals surface area contributed by atoms with Gasteiger partial charge in [-0.05, 0) is 18.1 Å². The fraction of sp³-hybridized carbons (Fsp3) is 0.235. The largest absolute Gasteiger partial charge is 0.416 e. The van der Waals surface area contributed by atoms with Gasteiger partial charge in [0.05, 0.1) is 5.56 Å². The van der Waals surface area contributed by atoms with Gasteiger partial charge in [-0.2, -0.15) is 13.2 Å². The van der Waals surface area contributed by atoms with E-state index in [0.29, 0.717) is 5.56 Å². The van der Waals surface area contributed by atoms with Crippen molar-refractivity contribution in [1.29, 1.82) is 0 Å². The Bertz CT molecular complexity index is 633. The number of hydrogen-bond donors (Lipinski definition) is 0. The van der Waals surface area contributed by atoms with Gasteiger partial charge < -0.3 is 4.84 Å². The van der Waals surface area contributed by atoms with E-state index in [1.807, 2.05) is 31.2 Å². The minimum Gasteiger partial charge on any atom is -0.390 e. The predicted molar refractivity (Wildman–Crippen MR) is 78.6 cm³/mol. The molecule has 0 spiro atoms. The molecule has 0 aliphatic carbocycles. The Balaban J connectivity index is 1.97. The first-order valence-electron chi connectivity index (χ1n) is 6.82. The zero-order chi connectivity index (χ0) is 16.0. The van der Waals surface area contributed by atoms with Gasteiger partial charge in [0.2, 0.25) is 0 Å². The molecule has 2 nitrogen and oxygen atoms in total. The zero-order valence-electron chi connectivity index (χ0n) is 12.0. The lowest BCUT2D eigenvalue weighted by Gasteiger charge is -2.11. The van der Waals surface area contributed by atoms with Gasteiger partial charge in [0, 0.05) is 11.1 Å². The highest BCUT2D eigenvalue weighted by Gasteiger charge is 2.32. The summed E-state index contributed by atoms with van der Waals surface area (Å²) in [6.07, 6.45) is -0.821. The highest BCUT2D eigenvalue weighted by molar-refractivity contribution is 5.79. The van der Waals surface area contributed by atoms with E-state index in [0.717, 1.165) is 12.5 Å². The molecule has 0 saturated heterocycles. The highest BCUT2D eigenvalue weighted by Crippen LogP contribution is 2.32. The van der Waals surface area contributed by atoms with Gasteiger partial charge in [-0.25, -0.2) is 0 Å². The van der Waals surface area contributed by atoms with Gasteiger partial charge in [0.25, 0.3) is 0 Å². The molecule has 115 valence electrons. The Morgan fingerprint density at radius 3 is 2.36 bits per heavy atom. The van der Waals surface area contributed by atoms with Crippen molar-refractivity contribution in [3.63, 3.8) is 0 Å². The van der Waals surface area contributed by atoms with Crippen LogP contribution in [0.2, 0.25) is 0 Å². The normalized spacial score (nSPS) is 11.8. The maximum Gasteiger partial charge on any atom is 0.416 e. The van der Waals surface area contributed by atoms with Crippen LogP contribution in [-0.2, 0) is 24.0 Å². The lowest BCUT2D eigenvalue weighted by molar-refractivity contribution is -0.138. The Kier molecular flexibility index (Phi) is 5.20. The summed E-state index contributed by atoms with van der Waals surface area (Å²) in [6, 6.07) is 12.8. The first-order valence-corrected chi connectivity index (χ1v) is 6.82. The second-order valence-electron chi connectivity index (χ2n) is 4.68. The molecule has 2 rings (SSSR count). The van der Waals surface area contributed by atoms with Crippen LogP contribution < -0.4 is 0 Å². The van der Waals surface area contributed by atoms with Crippen molar-refractivity contribution in [2.24, 2.45) is 5.16 Å². The molecule has 2 aromatic rings. The first-order chi connectivity index (χ1) is 10.5. The van der Waals surface area contributed by atoms with Crippen LogP contribution in [0.15, 0.2) is 53.7 Å². The average molecular weight is 306 g/mol. The molecule has 0 unspecified atom stereocenters. The number of hydrogen-bond acceptors (Lipinski definition) is 2. The van der Waals surface area contributed by atoms with Crippen LogP contribution in [0.5, 0.6) is 0 Å². The molecule has 1 radical (unpaired) electrons. The smallest absolute Gasteiger partial charge is 0.390 e. The summed E-state index contributed by atoms with van der Waals surface area (Å²) in [5.74, 6) is 0. The minimum atomic E-state index is -4.40. The van der Waals surface area contributed by atoms with Gasteiger partial charge in [-0.3, -0.25) is 0 Å². The van der Waals surface area contributed by atoms with Crippen molar-refractivity contribution in [3.8, 4) is 0 Å². The van der Waals surface area contributed by atoms with Gasteiger partial charge in [-0.15, -0.1) is 0 Å². The molecular weight excluding hydrogens is 291 g/mol. The summed E-state index contributed by atoms with van der Waals surface area (Å²) in [6.45, 7) is 1.80. The van der Waals surface area contributed by atoms with Crippen LogP contribution in [-0.4, -0.2) is 6.21 Å². The van der Waals surface area contributed by atoms with Crippen molar-refractivity contribution in [3.05, 3.63) is 70.8 Å². The fourth-order valence-corrected chi connectivity index (χ4v) is 1.92. The molecule has 2 aromatic carbocycles. The summed E-state index contributed by atoms with van der Waals surface area (Å²) in [5.41, 5.74) is 1.23. The average Bonchev–Trinajstić information content (AvgIpc) is 2.51. The van der Waals surface area contributed by atoms with Gasteiger partial charge >= 0.3 is 6.18 Å². The first kappa shape index (κ1) is 16.1. The van der Waals surface area contributed by atoms with Gasteiger partial charge in [0.15, 0.2) is 0 Å². The number of rotatable bonds is 5. The lowest BCUT2D eigenvalue weighted by atomic mass is 10.1. The molecule has 0 aliphatic heterocycles. The van der Waals surface area contributed by atoms with Crippen molar-refractivity contribution >= 4 is 6.21 Å². The third kappa shape index (κ3) is 4.35. The van der Waals surface area contributed by atoms with Crippen LogP contribution in [0.1, 0.15) is 29.2 Å². The fourth-order valence-electron chi connectivity index (χ4n) is 1.92. The van der Waals surface area contributed by atoms with Crippen LogP contribution in [0.3, 0.4) is 0 Å². The molecule has 0 saturated carbocycles. The van der Waals surface area contributed by atoms with E-state index < -0.39 is 11.7 Å². The highest BCUT2D eigenvalue weighted by atomic mass is 19.4. The molecule has 0 atom stereocenters. The Morgan fingerprint density at radius 1 is 1.05 bits per heavy atom. The summed E-state index contributed by atoms with van der Waals surface area (Å²) in [4.78, 5) is 4.93. The van der Waals surface area contributed by atoms with Crippen molar-refractivity contribution < 1.29 is 18.0 Å². The van der Waals surface area contributed by atoms with Crippen molar-refractivity contribution in [1.82, 2.24) is 0 Å². The molecule has 0 N–H and O–H groups in total. The van der Waals surface area contributed by atoms with E-state index in [1.54, 1.807) is 0 Å². The molecule has 0 fully saturated rings. The zero-order valence-corrected chi connectivity index (χ0v) is 12.0. The molecule has 0 bridgehead atoms. The number of aryl methyl sites for hydroxylation is 1. The molecule has 5 heteroatoms. The van der Waals surface area contributed by atoms with E-state index in [4.69, 9.17) is 4.84 Å². The van der Waals surface area contributed by atoms with E-state index in [-0.39, 0.29) is 12.2 Å². The second-order valence-corrected chi connectivity index (χ2v) is 4.68. The summed E-state index contributed by atoms with van der Waals surface area (Å²) >= 11 is 0. The predicted octanol–water partition coefficient (Wildman–Crippen LogP) is 4.70. The molecular formula is C17H15F3NO. The lowest BCUT2D eigenvalue weighted by Crippen LogP contribution is -2.09. The second kappa shape index (κ2) is 7.11. The Hall–Kier alpha value is -2.30. The van der Waals surface area contributed by atoms with Crippen LogP contribution >= 0.6 is 0 Å². The molecule has 0 amide bonds. The van der Waals surface area contributed by atoms with Crippen LogP contribution in [0.4, 0.5) is 13.2 Å². The monoisotopic (exact) mass is 306 g/mol. The number of halogens is 3. The topological polar surface area (TPSA) is 21.6 Å². The van der Waals surface area contributed by atoms with E-state index in [1.165, 1.54) is 23.8 Å². The van der Waals surface area contributed by atoms with Crippen LogP contribution in [0.25, 0.3) is 0 Å². The van der Waals surface area contributed by atoms with E-state index >= 15 is 0 Å². The summed E-state index contributed by atoms with van der Waals surface area (Å²) < 4.78 is 38.4. The van der Waals surface area contributed by atoms with Crippen LogP contribution in [0, 0.1) is 0 Å². The third-order valence-electron chi connectivity index (χ3n) is 3.14. The molecule has 22 heavy (non-hydrogen) atoms. The minimum absolute atomic E-state index is 0.0434. The SMILES string of the molecule is CCc1ccc(/[C]=N\OCc2ccccc2C(F)(F)F)cc1. The van der Waals surface area contributed by atoms with Crippen molar-refractivity contribution in [2.45, 2.75) is 26.1 Å². The van der Waals surface area contributed by atoms with Crippen molar-refractivity contribution in [2.75, 3.05) is 0 Å². The third-order valence-corrected chi connectivity index (χ3v) is 3.14. The maximum atomic E-state index is 12.8. The van der Waals surface area contributed by atoms with E-state index in [9.17, 15) is 13.2 Å². The number of alkyl halides is 3.